The Morgan fingerprint density at radius 1 is 1.52 bits per heavy atom. The summed E-state index contributed by atoms with van der Waals surface area (Å²) in [5.41, 5.74) is 0. The van der Waals surface area contributed by atoms with Gasteiger partial charge in [-0.15, -0.1) is 16.4 Å². The highest BCUT2D eigenvalue weighted by atomic mass is 32.1. The largest absolute Gasteiger partial charge is 0.408 e. The lowest BCUT2D eigenvalue weighted by Crippen LogP contribution is -2.38. The Morgan fingerprint density at radius 2 is 2.38 bits per heavy atom. The number of halogens is 1. The lowest BCUT2D eigenvalue weighted by molar-refractivity contribution is 0.287. The highest BCUT2D eigenvalue weighted by Gasteiger charge is 2.35. The summed E-state index contributed by atoms with van der Waals surface area (Å²) in [7, 11) is 2.02. The normalized spacial score (nSPS) is 22.4. The number of likely N-dealkylation sites (N-methyl/N-ethyl adjacent to an activating group) is 1. The molecule has 2 aromatic rings. The Kier molecular flexibility index (Phi) is 4.16. The zero-order valence-corrected chi connectivity index (χ0v) is 12.9. The first-order valence-electron chi connectivity index (χ1n) is 6.89. The molecule has 21 heavy (non-hydrogen) atoms. The highest BCUT2D eigenvalue weighted by molar-refractivity contribution is 7.09. The molecule has 1 fully saturated rings. The van der Waals surface area contributed by atoms with E-state index in [0.29, 0.717) is 24.9 Å². The third-order valence-corrected chi connectivity index (χ3v) is 4.30. The molecule has 0 unspecified atom stereocenters. The van der Waals surface area contributed by atoms with Crippen molar-refractivity contribution in [2.24, 2.45) is 0 Å². The first-order valence-corrected chi connectivity index (χ1v) is 7.77. The maximum Gasteiger partial charge on any atom is 0.318 e. The SMILES string of the molecule is Cc1nnc(N2C[C@@H](F)C[C@H]2CN(C)Cc2nccs2)o1. The molecule has 1 aliphatic heterocycles. The Labute approximate surface area is 126 Å². The van der Waals surface area contributed by atoms with Gasteiger partial charge in [-0.1, -0.05) is 5.10 Å². The smallest absolute Gasteiger partial charge is 0.318 e. The van der Waals surface area contributed by atoms with Crippen LogP contribution in [-0.4, -0.2) is 52.4 Å². The summed E-state index contributed by atoms with van der Waals surface area (Å²) in [6.45, 7) is 3.56. The molecule has 0 bridgehead atoms. The number of aromatic nitrogens is 3. The van der Waals surface area contributed by atoms with Gasteiger partial charge in [-0.05, 0) is 7.05 Å². The highest BCUT2D eigenvalue weighted by Crippen LogP contribution is 2.27. The van der Waals surface area contributed by atoms with Crippen molar-refractivity contribution in [1.29, 1.82) is 0 Å². The van der Waals surface area contributed by atoms with Crippen LogP contribution in [0.3, 0.4) is 0 Å². The number of anilines is 1. The maximum atomic E-state index is 13.8. The summed E-state index contributed by atoms with van der Waals surface area (Å²) >= 11 is 1.63. The first kappa shape index (κ1) is 14.4. The quantitative estimate of drug-likeness (QED) is 0.840. The zero-order chi connectivity index (χ0) is 14.8. The van der Waals surface area contributed by atoms with Gasteiger partial charge in [-0.2, -0.15) is 0 Å². The van der Waals surface area contributed by atoms with E-state index in [1.54, 1.807) is 24.5 Å². The third kappa shape index (κ3) is 3.38. The molecule has 3 heterocycles. The molecule has 114 valence electrons. The minimum Gasteiger partial charge on any atom is -0.408 e. The van der Waals surface area contributed by atoms with E-state index in [2.05, 4.69) is 20.1 Å². The molecule has 0 saturated carbocycles. The van der Waals surface area contributed by atoms with Crippen molar-refractivity contribution in [3.8, 4) is 0 Å². The van der Waals surface area contributed by atoms with Crippen molar-refractivity contribution in [1.82, 2.24) is 20.1 Å². The van der Waals surface area contributed by atoms with E-state index in [1.807, 2.05) is 17.3 Å². The number of aryl methyl sites for hydroxylation is 1. The molecule has 0 aromatic carbocycles. The maximum absolute atomic E-state index is 13.8. The molecule has 0 N–H and O–H groups in total. The Hall–Kier alpha value is -1.54. The van der Waals surface area contributed by atoms with Gasteiger partial charge in [0.05, 0.1) is 13.1 Å². The summed E-state index contributed by atoms with van der Waals surface area (Å²) < 4.78 is 19.2. The van der Waals surface area contributed by atoms with Crippen LogP contribution >= 0.6 is 11.3 Å². The van der Waals surface area contributed by atoms with Gasteiger partial charge in [-0.3, -0.25) is 4.90 Å². The van der Waals surface area contributed by atoms with E-state index >= 15 is 0 Å². The van der Waals surface area contributed by atoms with Gasteiger partial charge in [0.1, 0.15) is 11.2 Å². The fourth-order valence-corrected chi connectivity index (χ4v) is 3.35. The molecule has 2 aromatic heterocycles. The molecular weight excluding hydrogens is 293 g/mol. The predicted molar refractivity (Wildman–Crippen MR) is 78.1 cm³/mol. The molecule has 8 heteroatoms. The van der Waals surface area contributed by atoms with Crippen LogP contribution < -0.4 is 4.90 Å². The second kappa shape index (κ2) is 6.07. The van der Waals surface area contributed by atoms with Crippen LogP contribution in [0.25, 0.3) is 0 Å². The fraction of sp³-hybridized carbons (Fsp3) is 0.615. The van der Waals surface area contributed by atoms with E-state index in [0.717, 1.165) is 18.1 Å². The average Bonchev–Trinajstić information content (AvgIpc) is 3.12. The minimum atomic E-state index is -0.851. The molecular formula is C13H18FN5OS. The van der Waals surface area contributed by atoms with Gasteiger partial charge in [0.2, 0.25) is 5.89 Å². The van der Waals surface area contributed by atoms with Crippen molar-refractivity contribution >= 4 is 17.4 Å². The van der Waals surface area contributed by atoms with E-state index in [9.17, 15) is 4.39 Å². The van der Waals surface area contributed by atoms with E-state index in [-0.39, 0.29) is 6.04 Å². The summed E-state index contributed by atoms with van der Waals surface area (Å²) in [6, 6.07) is 0.463. The Bertz CT molecular complexity index is 575. The molecule has 0 spiro atoms. The van der Waals surface area contributed by atoms with E-state index < -0.39 is 6.17 Å². The number of hydrogen-bond donors (Lipinski definition) is 0. The van der Waals surface area contributed by atoms with E-state index in [4.69, 9.17) is 4.42 Å². The standard InChI is InChI=1S/C13H18FN5OS/c1-9-16-17-13(20-9)19-6-10(14)5-11(19)7-18(2)8-12-15-3-4-21-12/h3-4,10-11H,5-8H2,1-2H3/t10-,11-/m0/s1. The van der Waals surface area contributed by atoms with Crippen molar-refractivity contribution in [3.05, 3.63) is 22.5 Å². The fourth-order valence-electron chi connectivity index (χ4n) is 2.66. The number of rotatable bonds is 5. The topological polar surface area (TPSA) is 58.3 Å². The number of nitrogens with zero attached hydrogens (tertiary/aromatic N) is 5. The molecule has 0 radical (unpaired) electrons. The Balaban J connectivity index is 1.65. The van der Waals surface area contributed by atoms with Crippen LogP contribution in [0.4, 0.5) is 10.4 Å². The van der Waals surface area contributed by atoms with Gasteiger partial charge in [0.15, 0.2) is 0 Å². The number of hydrogen-bond acceptors (Lipinski definition) is 7. The monoisotopic (exact) mass is 311 g/mol. The molecule has 0 amide bonds. The summed E-state index contributed by atoms with van der Waals surface area (Å²) in [5, 5.41) is 10.9. The van der Waals surface area contributed by atoms with Crippen LogP contribution in [0.1, 0.15) is 17.3 Å². The van der Waals surface area contributed by atoms with Crippen molar-refractivity contribution < 1.29 is 8.81 Å². The van der Waals surface area contributed by atoms with Crippen LogP contribution in [-0.2, 0) is 6.54 Å². The average molecular weight is 311 g/mol. The van der Waals surface area contributed by atoms with Gasteiger partial charge >= 0.3 is 6.01 Å². The summed E-state index contributed by atoms with van der Waals surface area (Å²) in [4.78, 5) is 8.30. The Morgan fingerprint density at radius 3 is 3.05 bits per heavy atom. The van der Waals surface area contributed by atoms with Crippen LogP contribution in [0, 0.1) is 6.92 Å². The number of thiazole rings is 1. The number of alkyl halides is 1. The lowest BCUT2D eigenvalue weighted by atomic mass is 10.2. The van der Waals surface area contributed by atoms with Crippen LogP contribution in [0.2, 0.25) is 0 Å². The summed E-state index contributed by atoms with van der Waals surface area (Å²) in [6.07, 6.45) is 1.44. The second-order valence-corrected chi connectivity index (χ2v) is 6.34. The van der Waals surface area contributed by atoms with E-state index in [1.165, 1.54) is 0 Å². The van der Waals surface area contributed by atoms with Crippen molar-refractivity contribution in [3.63, 3.8) is 0 Å². The molecule has 2 atom stereocenters. The molecule has 1 aliphatic rings. The van der Waals surface area contributed by atoms with Gasteiger partial charge < -0.3 is 9.32 Å². The molecule has 1 saturated heterocycles. The molecule has 6 nitrogen and oxygen atoms in total. The molecule has 0 aliphatic carbocycles. The lowest BCUT2D eigenvalue weighted by Gasteiger charge is -2.26. The van der Waals surface area contributed by atoms with Gasteiger partial charge in [0, 0.05) is 37.5 Å². The predicted octanol–water partition coefficient (Wildman–Crippen LogP) is 1.88. The zero-order valence-electron chi connectivity index (χ0n) is 12.1. The van der Waals surface area contributed by atoms with Gasteiger partial charge in [-0.25, -0.2) is 9.37 Å². The van der Waals surface area contributed by atoms with Crippen LogP contribution in [0.5, 0.6) is 0 Å². The van der Waals surface area contributed by atoms with Crippen LogP contribution in [0.15, 0.2) is 16.0 Å². The van der Waals surface area contributed by atoms with Crippen molar-refractivity contribution in [2.75, 3.05) is 25.0 Å². The second-order valence-electron chi connectivity index (χ2n) is 5.37. The molecule has 3 rings (SSSR count). The minimum absolute atomic E-state index is 0.0461. The third-order valence-electron chi connectivity index (χ3n) is 3.54. The van der Waals surface area contributed by atoms with Gasteiger partial charge in [0.25, 0.3) is 0 Å². The summed E-state index contributed by atoms with van der Waals surface area (Å²) in [5.74, 6) is 0.502. The van der Waals surface area contributed by atoms with Crippen molar-refractivity contribution in [2.45, 2.75) is 32.1 Å². The first-order chi connectivity index (χ1) is 10.1.